The van der Waals surface area contributed by atoms with Crippen LogP contribution in [-0.2, 0) is 19.3 Å². The third-order valence-electron chi connectivity index (χ3n) is 3.57. The lowest BCUT2D eigenvalue weighted by Crippen LogP contribution is -2.49. The van der Waals surface area contributed by atoms with Crippen LogP contribution in [0.25, 0.3) is 0 Å². The standard InChI is InChI=1S/C14H20O6S/c1-9-4-3-5-10(8-9)21(17,18)14(16)13-11(15)6-7-12(19-2)20-13/h3-5,8,11-16H,6-7H2,1-2H3/t11-,12+,13-,14?/m0/s1. The molecule has 21 heavy (non-hydrogen) atoms. The van der Waals surface area contributed by atoms with Crippen molar-refractivity contribution >= 4 is 9.84 Å². The quantitative estimate of drug-likeness (QED) is 0.845. The van der Waals surface area contributed by atoms with E-state index in [9.17, 15) is 18.6 Å². The monoisotopic (exact) mass is 316 g/mol. The Labute approximate surface area is 124 Å². The number of hydrogen-bond acceptors (Lipinski definition) is 6. The number of ether oxygens (including phenoxy) is 2. The number of sulfone groups is 1. The molecule has 2 rings (SSSR count). The lowest BCUT2D eigenvalue weighted by Gasteiger charge is -2.35. The summed E-state index contributed by atoms with van der Waals surface area (Å²) in [6.45, 7) is 1.76. The van der Waals surface area contributed by atoms with E-state index in [1.807, 2.05) is 0 Å². The topological polar surface area (TPSA) is 93.1 Å². The highest BCUT2D eigenvalue weighted by molar-refractivity contribution is 7.92. The number of methoxy groups -OCH3 is 1. The summed E-state index contributed by atoms with van der Waals surface area (Å²) in [5, 5.41) is 20.1. The molecule has 0 spiro atoms. The fourth-order valence-corrected chi connectivity index (χ4v) is 3.84. The van der Waals surface area contributed by atoms with Crippen molar-refractivity contribution < 1.29 is 28.1 Å². The smallest absolute Gasteiger partial charge is 0.207 e. The van der Waals surface area contributed by atoms with E-state index in [1.54, 1.807) is 19.1 Å². The van der Waals surface area contributed by atoms with Crippen LogP contribution in [0.2, 0.25) is 0 Å². The van der Waals surface area contributed by atoms with Crippen molar-refractivity contribution in [1.29, 1.82) is 0 Å². The van der Waals surface area contributed by atoms with Crippen LogP contribution in [0.15, 0.2) is 29.2 Å². The van der Waals surface area contributed by atoms with Crippen LogP contribution in [0.3, 0.4) is 0 Å². The highest BCUT2D eigenvalue weighted by atomic mass is 32.2. The van der Waals surface area contributed by atoms with E-state index in [2.05, 4.69) is 0 Å². The third kappa shape index (κ3) is 3.44. The zero-order valence-electron chi connectivity index (χ0n) is 12.0. The summed E-state index contributed by atoms with van der Waals surface area (Å²) in [5.41, 5.74) is -1.07. The van der Waals surface area contributed by atoms with E-state index in [4.69, 9.17) is 9.47 Å². The molecule has 6 nitrogen and oxygen atoms in total. The van der Waals surface area contributed by atoms with Crippen molar-refractivity contribution in [2.24, 2.45) is 0 Å². The van der Waals surface area contributed by atoms with Crippen molar-refractivity contribution in [3.8, 4) is 0 Å². The minimum atomic E-state index is -4.01. The molecule has 1 unspecified atom stereocenters. The molecular formula is C14H20O6S. The van der Waals surface area contributed by atoms with E-state index >= 15 is 0 Å². The molecule has 0 amide bonds. The molecule has 118 valence electrons. The molecule has 0 saturated carbocycles. The highest BCUT2D eigenvalue weighted by Gasteiger charge is 2.42. The summed E-state index contributed by atoms with van der Waals surface area (Å²) < 4.78 is 35.2. The number of rotatable bonds is 4. The minimum absolute atomic E-state index is 0.00494. The molecule has 1 aromatic rings. The largest absolute Gasteiger partial charge is 0.390 e. The van der Waals surface area contributed by atoms with Crippen LogP contribution in [0.4, 0.5) is 0 Å². The van der Waals surface area contributed by atoms with E-state index in [-0.39, 0.29) is 4.90 Å². The van der Waals surface area contributed by atoms with Crippen molar-refractivity contribution in [3.05, 3.63) is 29.8 Å². The summed E-state index contributed by atoms with van der Waals surface area (Å²) >= 11 is 0. The summed E-state index contributed by atoms with van der Waals surface area (Å²) in [5.74, 6) is 0. The Morgan fingerprint density at radius 3 is 2.71 bits per heavy atom. The van der Waals surface area contributed by atoms with Crippen molar-refractivity contribution in [2.75, 3.05) is 7.11 Å². The van der Waals surface area contributed by atoms with Gasteiger partial charge in [-0.05, 0) is 31.0 Å². The van der Waals surface area contributed by atoms with Gasteiger partial charge in [0.15, 0.2) is 11.7 Å². The average molecular weight is 316 g/mol. The Morgan fingerprint density at radius 2 is 2.10 bits per heavy atom. The zero-order valence-corrected chi connectivity index (χ0v) is 12.8. The lowest BCUT2D eigenvalue weighted by molar-refractivity contribution is -0.224. The number of hydrogen-bond donors (Lipinski definition) is 2. The molecule has 2 N–H and O–H groups in total. The molecule has 4 atom stereocenters. The number of aliphatic hydroxyl groups excluding tert-OH is 2. The minimum Gasteiger partial charge on any atom is -0.390 e. The van der Waals surface area contributed by atoms with Gasteiger partial charge in [-0.15, -0.1) is 0 Å². The average Bonchev–Trinajstić information content (AvgIpc) is 2.47. The zero-order chi connectivity index (χ0) is 15.6. The lowest BCUT2D eigenvalue weighted by atomic mass is 10.1. The molecule has 1 aliphatic rings. The normalized spacial score (nSPS) is 28.3. The summed E-state index contributed by atoms with van der Waals surface area (Å²) in [6.07, 6.45) is -2.14. The maximum atomic E-state index is 12.4. The molecule has 1 saturated heterocycles. The van der Waals surface area contributed by atoms with Gasteiger partial charge in [-0.1, -0.05) is 12.1 Å². The Balaban J connectivity index is 2.26. The van der Waals surface area contributed by atoms with Crippen LogP contribution in [0.1, 0.15) is 18.4 Å². The summed E-state index contributed by atoms with van der Waals surface area (Å²) in [7, 11) is -2.58. The second-order valence-corrected chi connectivity index (χ2v) is 7.21. The van der Waals surface area contributed by atoms with E-state index in [1.165, 1.54) is 19.2 Å². The molecule has 0 aliphatic carbocycles. The van der Waals surface area contributed by atoms with Gasteiger partial charge in [0, 0.05) is 13.5 Å². The van der Waals surface area contributed by atoms with Gasteiger partial charge in [0.05, 0.1) is 11.0 Å². The van der Waals surface area contributed by atoms with Crippen LogP contribution in [0.5, 0.6) is 0 Å². The van der Waals surface area contributed by atoms with Gasteiger partial charge in [0.25, 0.3) is 0 Å². The maximum Gasteiger partial charge on any atom is 0.207 e. The van der Waals surface area contributed by atoms with E-state index < -0.39 is 33.8 Å². The number of benzene rings is 1. The predicted molar refractivity (Wildman–Crippen MR) is 75.3 cm³/mol. The van der Waals surface area contributed by atoms with Crippen molar-refractivity contribution in [2.45, 2.75) is 48.6 Å². The van der Waals surface area contributed by atoms with E-state index in [0.717, 1.165) is 5.56 Å². The van der Waals surface area contributed by atoms with Crippen LogP contribution < -0.4 is 0 Å². The molecule has 1 heterocycles. The molecule has 7 heteroatoms. The van der Waals surface area contributed by atoms with Crippen LogP contribution >= 0.6 is 0 Å². The highest BCUT2D eigenvalue weighted by Crippen LogP contribution is 2.27. The Morgan fingerprint density at radius 1 is 1.38 bits per heavy atom. The molecule has 0 aromatic heterocycles. The Bertz CT molecular complexity index is 585. The second kappa shape index (κ2) is 6.41. The first kappa shape index (κ1) is 16.4. The summed E-state index contributed by atoms with van der Waals surface area (Å²) in [6, 6.07) is 6.25. The van der Waals surface area contributed by atoms with Gasteiger partial charge in [0.2, 0.25) is 9.84 Å². The van der Waals surface area contributed by atoms with Gasteiger partial charge < -0.3 is 19.7 Å². The van der Waals surface area contributed by atoms with Crippen LogP contribution in [-0.4, -0.2) is 49.7 Å². The maximum absolute atomic E-state index is 12.4. The second-order valence-electron chi connectivity index (χ2n) is 5.16. The van der Waals surface area contributed by atoms with Gasteiger partial charge in [-0.3, -0.25) is 0 Å². The molecule has 1 aliphatic heterocycles. The molecule has 1 aromatic carbocycles. The predicted octanol–water partition coefficient (Wildman–Crippen LogP) is 0.600. The first-order valence-electron chi connectivity index (χ1n) is 6.71. The van der Waals surface area contributed by atoms with Gasteiger partial charge >= 0.3 is 0 Å². The molecular weight excluding hydrogens is 296 g/mol. The fourth-order valence-electron chi connectivity index (χ4n) is 2.34. The summed E-state index contributed by atoms with van der Waals surface area (Å²) in [4.78, 5) is 0.00494. The van der Waals surface area contributed by atoms with Gasteiger partial charge in [0.1, 0.15) is 6.10 Å². The first-order chi connectivity index (χ1) is 9.86. The Kier molecular flexibility index (Phi) is 5.00. The molecule has 0 bridgehead atoms. The number of aliphatic hydroxyl groups is 2. The fraction of sp³-hybridized carbons (Fsp3) is 0.571. The molecule has 0 radical (unpaired) electrons. The van der Waals surface area contributed by atoms with Gasteiger partial charge in [-0.25, -0.2) is 8.42 Å². The first-order valence-corrected chi connectivity index (χ1v) is 8.26. The third-order valence-corrected chi connectivity index (χ3v) is 5.38. The van der Waals surface area contributed by atoms with Crippen LogP contribution in [0, 0.1) is 6.92 Å². The SMILES string of the molecule is CO[C@H]1CC[C@H](O)[C@@H](C(O)S(=O)(=O)c2cccc(C)c2)O1. The molecule has 1 fully saturated rings. The van der Waals surface area contributed by atoms with Crippen molar-refractivity contribution in [1.82, 2.24) is 0 Å². The van der Waals surface area contributed by atoms with Gasteiger partial charge in [-0.2, -0.15) is 0 Å². The number of aryl methyl sites for hydroxylation is 1. The van der Waals surface area contributed by atoms with E-state index in [0.29, 0.717) is 12.8 Å². The van der Waals surface area contributed by atoms with Crippen molar-refractivity contribution in [3.63, 3.8) is 0 Å². The Hall–Kier alpha value is -0.990.